The molecule has 1 saturated heterocycles. The topological polar surface area (TPSA) is 105 Å². The number of likely N-dealkylation sites (N-methyl/N-ethyl adjacent to an activating group) is 1. The SMILES string of the molecule is CN1CCOC(CNc2ccc(-c3nccn3C)nn2)C1.O=CO. The van der Waals surface area contributed by atoms with Crippen LogP contribution in [0.4, 0.5) is 5.82 Å². The van der Waals surface area contributed by atoms with Crippen LogP contribution in [0.15, 0.2) is 24.5 Å². The van der Waals surface area contributed by atoms with Gasteiger partial charge in [-0.15, -0.1) is 10.2 Å². The number of nitrogens with one attached hydrogen (secondary N) is 1. The predicted molar refractivity (Wildman–Crippen MR) is 88.7 cm³/mol. The molecule has 2 aromatic rings. The quantitative estimate of drug-likeness (QED) is 0.770. The molecular formula is C15H22N6O3. The number of rotatable bonds is 4. The van der Waals surface area contributed by atoms with E-state index >= 15 is 0 Å². The lowest BCUT2D eigenvalue weighted by atomic mass is 10.3. The summed E-state index contributed by atoms with van der Waals surface area (Å²) in [7, 11) is 4.05. The number of aromatic nitrogens is 4. The van der Waals surface area contributed by atoms with Gasteiger partial charge in [0.15, 0.2) is 5.82 Å². The fourth-order valence-electron chi connectivity index (χ4n) is 2.37. The normalized spacial score (nSPS) is 17.7. The van der Waals surface area contributed by atoms with Gasteiger partial charge in [0.05, 0.1) is 12.7 Å². The van der Waals surface area contributed by atoms with Crippen LogP contribution in [0.25, 0.3) is 11.5 Å². The van der Waals surface area contributed by atoms with Gasteiger partial charge in [0.25, 0.3) is 6.47 Å². The molecule has 1 atom stereocenters. The van der Waals surface area contributed by atoms with Crippen LogP contribution in [0.5, 0.6) is 0 Å². The van der Waals surface area contributed by atoms with Crippen molar-refractivity contribution in [1.29, 1.82) is 0 Å². The second-order valence-corrected chi connectivity index (χ2v) is 5.41. The van der Waals surface area contributed by atoms with E-state index in [4.69, 9.17) is 14.6 Å². The molecule has 0 aliphatic carbocycles. The molecular weight excluding hydrogens is 312 g/mol. The van der Waals surface area contributed by atoms with Gasteiger partial charge in [-0.2, -0.15) is 0 Å². The molecule has 130 valence electrons. The van der Waals surface area contributed by atoms with E-state index in [1.54, 1.807) is 6.20 Å². The number of aryl methyl sites for hydroxylation is 1. The molecule has 2 N–H and O–H groups in total. The van der Waals surface area contributed by atoms with Gasteiger partial charge in [-0.3, -0.25) is 4.79 Å². The molecule has 24 heavy (non-hydrogen) atoms. The van der Waals surface area contributed by atoms with Crippen molar-refractivity contribution in [2.75, 3.05) is 38.6 Å². The molecule has 0 radical (unpaired) electrons. The van der Waals surface area contributed by atoms with Crippen LogP contribution in [0.2, 0.25) is 0 Å². The number of morpholine rings is 1. The van der Waals surface area contributed by atoms with Crippen molar-refractivity contribution in [3.63, 3.8) is 0 Å². The Morgan fingerprint density at radius 3 is 2.79 bits per heavy atom. The highest BCUT2D eigenvalue weighted by Gasteiger charge is 2.17. The zero-order valence-corrected chi connectivity index (χ0v) is 13.8. The van der Waals surface area contributed by atoms with Gasteiger partial charge in [-0.25, -0.2) is 4.98 Å². The Morgan fingerprint density at radius 2 is 2.21 bits per heavy atom. The van der Waals surface area contributed by atoms with Gasteiger partial charge in [-0.05, 0) is 19.2 Å². The lowest BCUT2D eigenvalue weighted by Crippen LogP contribution is -2.43. The van der Waals surface area contributed by atoms with E-state index in [1.165, 1.54) is 0 Å². The standard InChI is InChI=1S/C14H20N6O.CH2O2/c1-19-7-8-21-11(10-19)9-16-13-4-3-12(17-18-13)14-15-5-6-20(14)2;2-1-3/h3-6,11H,7-10H2,1-2H3,(H,16,18);1H,(H,2,3). The monoisotopic (exact) mass is 334 g/mol. The Hall–Kier alpha value is -2.52. The molecule has 1 unspecified atom stereocenters. The van der Waals surface area contributed by atoms with E-state index in [0.717, 1.165) is 43.6 Å². The second-order valence-electron chi connectivity index (χ2n) is 5.41. The smallest absolute Gasteiger partial charge is 0.290 e. The largest absolute Gasteiger partial charge is 0.483 e. The first kappa shape index (κ1) is 17.8. The van der Waals surface area contributed by atoms with Crippen LogP contribution < -0.4 is 5.32 Å². The third-order valence-electron chi connectivity index (χ3n) is 3.57. The molecule has 1 aliphatic heterocycles. The number of anilines is 1. The Morgan fingerprint density at radius 1 is 1.42 bits per heavy atom. The first-order valence-corrected chi connectivity index (χ1v) is 7.57. The van der Waals surface area contributed by atoms with Crippen LogP contribution in [0, 0.1) is 0 Å². The maximum absolute atomic E-state index is 8.36. The summed E-state index contributed by atoms with van der Waals surface area (Å²) < 4.78 is 7.62. The van der Waals surface area contributed by atoms with E-state index in [2.05, 4.69) is 32.4 Å². The first-order valence-electron chi connectivity index (χ1n) is 7.57. The Bertz CT molecular complexity index is 630. The predicted octanol–water partition coefficient (Wildman–Crippen LogP) is 0.320. The van der Waals surface area contributed by atoms with Crippen molar-refractivity contribution >= 4 is 12.3 Å². The van der Waals surface area contributed by atoms with Gasteiger partial charge in [0.2, 0.25) is 0 Å². The van der Waals surface area contributed by atoms with Crippen molar-refractivity contribution in [1.82, 2.24) is 24.6 Å². The summed E-state index contributed by atoms with van der Waals surface area (Å²) in [6.07, 6.45) is 3.83. The van der Waals surface area contributed by atoms with E-state index in [9.17, 15) is 0 Å². The molecule has 0 spiro atoms. The molecule has 0 saturated carbocycles. The van der Waals surface area contributed by atoms with Gasteiger partial charge < -0.3 is 24.6 Å². The fourth-order valence-corrected chi connectivity index (χ4v) is 2.37. The number of hydrogen-bond acceptors (Lipinski definition) is 7. The Kier molecular flexibility index (Phi) is 6.64. The zero-order chi connectivity index (χ0) is 17.4. The Labute approximate surface area is 140 Å². The van der Waals surface area contributed by atoms with Gasteiger partial charge >= 0.3 is 0 Å². The summed E-state index contributed by atoms with van der Waals surface area (Å²) in [6.45, 7) is 3.20. The highest BCUT2D eigenvalue weighted by atomic mass is 16.5. The van der Waals surface area contributed by atoms with E-state index in [1.807, 2.05) is 29.9 Å². The van der Waals surface area contributed by atoms with Crippen LogP contribution in [0.1, 0.15) is 0 Å². The number of imidazole rings is 1. The lowest BCUT2D eigenvalue weighted by molar-refractivity contribution is -0.122. The molecule has 3 heterocycles. The van der Waals surface area contributed by atoms with E-state index in [-0.39, 0.29) is 12.6 Å². The highest BCUT2D eigenvalue weighted by Crippen LogP contribution is 2.14. The first-order chi connectivity index (χ1) is 11.6. The maximum atomic E-state index is 8.36. The van der Waals surface area contributed by atoms with Gasteiger partial charge in [-0.1, -0.05) is 0 Å². The Balaban J connectivity index is 0.000000647. The minimum atomic E-state index is -0.250. The van der Waals surface area contributed by atoms with Crippen molar-refractivity contribution in [3.8, 4) is 11.5 Å². The molecule has 0 bridgehead atoms. The van der Waals surface area contributed by atoms with Crippen molar-refractivity contribution < 1.29 is 14.6 Å². The molecule has 9 heteroatoms. The van der Waals surface area contributed by atoms with E-state index < -0.39 is 0 Å². The van der Waals surface area contributed by atoms with Crippen molar-refractivity contribution in [3.05, 3.63) is 24.5 Å². The van der Waals surface area contributed by atoms with Gasteiger partial charge in [0.1, 0.15) is 11.5 Å². The molecule has 1 fully saturated rings. The molecule has 1 aliphatic rings. The summed E-state index contributed by atoms with van der Waals surface area (Å²) in [5, 5.41) is 18.6. The molecule has 0 aromatic carbocycles. The average molecular weight is 334 g/mol. The highest BCUT2D eigenvalue weighted by molar-refractivity contribution is 5.51. The number of nitrogens with zero attached hydrogens (tertiary/aromatic N) is 5. The number of hydrogen-bond donors (Lipinski definition) is 2. The summed E-state index contributed by atoms with van der Waals surface area (Å²) in [5.41, 5.74) is 0.765. The van der Waals surface area contributed by atoms with Crippen LogP contribution in [0.3, 0.4) is 0 Å². The van der Waals surface area contributed by atoms with Crippen molar-refractivity contribution in [2.24, 2.45) is 7.05 Å². The molecule has 9 nitrogen and oxygen atoms in total. The van der Waals surface area contributed by atoms with Crippen LogP contribution in [-0.2, 0) is 16.6 Å². The van der Waals surface area contributed by atoms with Crippen molar-refractivity contribution in [2.45, 2.75) is 6.10 Å². The lowest BCUT2D eigenvalue weighted by Gasteiger charge is -2.30. The number of ether oxygens (including phenoxy) is 1. The summed E-state index contributed by atoms with van der Waals surface area (Å²) in [6, 6.07) is 3.84. The third-order valence-corrected chi connectivity index (χ3v) is 3.57. The molecule has 3 rings (SSSR count). The maximum Gasteiger partial charge on any atom is 0.290 e. The minimum Gasteiger partial charge on any atom is -0.483 e. The van der Waals surface area contributed by atoms with Crippen LogP contribution in [-0.4, -0.2) is 75.6 Å². The van der Waals surface area contributed by atoms with E-state index in [0.29, 0.717) is 0 Å². The zero-order valence-electron chi connectivity index (χ0n) is 13.8. The number of carboxylic acid groups (broad SMARTS) is 1. The number of carbonyl (C=O) groups is 1. The summed E-state index contributed by atoms with van der Waals surface area (Å²) >= 11 is 0. The molecule has 0 amide bonds. The average Bonchev–Trinajstić information content (AvgIpc) is 3.00. The van der Waals surface area contributed by atoms with Gasteiger partial charge in [0, 0.05) is 39.1 Å². The summed E-state index contributed by atoms with van der Waals surface area (Å²) in [4.78, 5) is 14.9. The third kappa shape index (κ3) is 5.00. The molecule has 2 aromatic heterocycles. The minimum absolute atomic E-state index is 0.194. The second kappa shape index (κ2) is 8.94. The summed E-state index contributed by atoms with van der Waals surface area (Å²) in [5.74, 6) is 1.57. The fraction of sp³-hybridized carbons (Fsp3) is 0.467. The van der Waals surface area contributed by atoms with Crippen LogP contribution >= 0.6 is 0 Å².